The Morgan fingerprint density at radius 1 is 1.25 bits per heavy atom. The molecule has 1 atom stereocenters. The van der Waals surface area contributed by atoms with Crippen LogP contribution in [-0.4, -0.2) is 79.2 Å². The van der Waals surface area contributed by atoms with E-state index in [1.807, 2.05) is 0 Å². The first-order chi connectivity index (χ1) is 9.27. The van der Waals surface area contributed by atoms with Crippen LogP contribution in [-0.2, 0) is 24.3 Å². The van der Waals surface area contributed by atoms with Crippen molar-refractivity contribution in [2.24, 2.45) is 0 Å². The van der Waals surface area contributed by atoms with E-state index >= 15 is 0 Å². The summed E-state index contributed by atoms with van der Waals surface area (Å²) in [7, 11) is -3.69. The van der Waals surface area contributed by atoms with Crippen molar-refractivity contribution in [2.45, 2.75) is 19.9 Å². The van der Waals surface area contributed by atoms with E-state index in [2.05, 4.69) is 4.74 Å². The SMILES string of the molecule is CCOC(=O)CS(=O)(=O)N1CCN(C(C)C(=O)O)CC1. The predicted molar refractivity (Wildman–Crippen MR) is 70.7 cm³/mol. The molecule has 1 unspecified atom stereocenters. The lowest BCUT2D eigenvalue weighted by atomic mass is 10.2. The van der Waals surface area contributed by atoms with Gasteiger partial charge in [0.15, 0.2) is 5.75 Å². The van der Waals surface area contributed by atoms with Gasteiger partial charge in [-0.05, 0) is 13.8 Å². The van der Waals surface area contributed by atoms with Crippen LogP contribution in [0.1, 0.15) is 13.8 Å². The van der Waals surface area contributed by atoms with Crippen LogP contribution in [0.4, 0.5) is 0 Å². The van der Waals surface area contributed by atoms with Crippen molar-refractivity contribution in [1.29, 1.82) is 0 Å². The van der Waals surface area contributed by atoms with Crippen molar-refractivity contribution < 1.29 is 27.9 Å². The molecule has 0 aromatic carbocycles. The quantitative estimate of drug-likeness (QED) is 0.626. The van der Waals surface area contributed by atoms with Crippen molar-refractivity contribution in [3.63, 3.8) is 0 Å². The molecular weight excluding hydrogens is 288 g/mol. The summed E-state index contributed by atoms with van der Waals surface area (Å²) in [4.78, 5) is 23.8. The maximum absolute atomic E-state index is 12.0. The van der Waals surface area contributed by atoms with Gasteiger partial charge in [0.05, 0.1) is 6.61 Å². The van der Waals surface area contributed by atoms with Crippen LogP contribution in [0.3, 0.4) is 0 Å². The summed E-state index contributed by atoms with van der Waals surface area (Å²) < 4.78 is 29.8. The minimum atomic E-state index is -3.69. The first kappa shape index (κ1) is 16.9. The normalized spacial score (nSPS) is 19.5. The number of ether oxygens (including phenoxy) is 1. The fourth-order valence-electron chi connectivity index (χ4n) is 1.97. The number of aliphatic carboxylic acids is 1. The Hall–Kier alpha value is -1.19. The summed E-state index contributed by atoms with van der Waals surface area (Å²) in [6.07, 6.45) is 0. The molecule has 1 aliphatic rings. The fraction of sp³-hybridized carbons (Fsp3) is 0.818. The monoisotopic (exact) mass is 308 g/mol. The van der Waals surface area contributed by atoms with Crippen LogP contribution in [0.25, 0.3) is 0 Å². The van der Waals surface area contributed by atoms with Gasteiger partial charge >= 0.3 is 11.9 Å². The number of carbonyl (C=O) groups is 2. The van der Waals surface area contributed by atoms with Crippen LogP contribution in [0.5, 0.6) is 0 Å². The van der Waals surface area contributed by atoms with E-state index in [9.17, 15) is 18.0 Å². The third kappa shape index (κ3) is 4.43. The number of piperazine rings is 1. The topological polar surface area (TPSA) is 104 Å². The highest BCUT2D eigenvalue weighted by Gasteiger charge is 2.32. The molecule has 116 valence electrons. The zero-order valence-electron chi connectivity index (χ0n) is 11.6. The van der Waals surface area contributed by atoms with Crippen molar-refractivity contribution in [1.82, 2.24) is 9.21 Å². The second-order valence-electron chi connectivity index (χ2n) is 4.51. The van der Waals surface area contributed by atoms with Crippen LogP contribution < -0.4 is 0 Å². The Balaban J connectivity index is 2.56. The molecular formula is C11H20N2O6S. The smallest absolute Gasteiger partial charge is 0.322 e. The number of carboxylic acids is 1. The molecule has 1 saturated heterocycles. The van der Waals surface area contributed by atoms with Crippen molar-refractivity contribution >= 4 is 22.0 Å². The molecule has 0 saturated carbocycles. The van der Waals surface area contributed by atoms with Crippen LogP contribution in [0.2, 0.25) is 0 Å². The van der Waals surface area contributed by atoms with Gasteiger partial charge in [-0.1, -0.05) is 0 Å². The Kier molecular flexibility index (Phi) is 5.90. The lowest BCUT2D eigenvalue weighted by molar-refractivity contribution is -0.143. The molecule has 8 nitrogen and oxygen atoms in total. The molecule has 0 aromatic heterocycles. The molecule has 0 radical (unpaired) electrons. The third-order valence-corrected chi connectivity index (χ3v) is 4.93. The molecule has 0 spiro atoms. The Morgan fingerprint density at radius 2 is 1.80 bits per heavy atom. The predicted octanol–water partition coefficient (Wildman–Crippen LogP) is -1.03. The lowest BCUT2D eigenvalue weighted by Gasteiger charge is -2.35. The maximum Gasteiger partial charge on any atom is 0.322 e. The van der Waals surface area contributed by atoms with Gasteiger partial charge in [-0.25, -0.2) is 8.42 Å². The van der Waals surface area contributed by atoms with Gasteiger partial charge in [0.1, 0.15) is 6.04 Å². The Morgan fingerprint density at radius 3 is 2.25 bits per heavy atom. The molecule has 0 bridgehead atoms. The number of sulfonamides is 1. The van der Waals surface area contributed by atoms with E-state index in [4.69, 9.17) is 5.11 Å². The van der Waals surface area contributed by atoms with E-state index in [1.54, 1.807) is 18.7 Å². The number of nitrogens with zero attached hydrogens (tertiary/aromatic N) is 2. The number of carboxylic acid groups (broad SMARTS) is 1. The molecule has 0 aromatic rings. The van der Waals surface area contributed by atoms with Crippen molar-refractivity contribution in [3.05, 3.63) is 0 Å². The second kappa shape index (κ2) is 7.00. The third-order valence-electron chi connectivity index (χ3n) is 3.18. The van der Waals surface area contributed by atoms with E-state index in [0.29, 0.717) is 13.1 Å². The summed E-state index contributed by atoms with van der Waals surface area (Å²) in [6, 6.07) is -0.648. The molecule has 1 heterocycles. The van der Waals surface area contributed by atoms with Gasteiger partial charge in [-0.3, -0.25) is 14.5 Å². The zero-order chi connectivity index (χ0) is 15.3. The summed E-state index contributed by atoms with van der Waals surface area (Å²) in [5, 5.41) is 8.90. The van der Waals surface area contributed by atoms with E-state index in [0.717, 1.165) is 0 Å². The maximum atomic E-state index is 12.0. The highest BCUT2D eigenvalue weighted by molar-refractivity contribution is 7.89. The van der Waals surface area contributed by atoms with Gasteiger partial charge in [0, 0.05) is 26.2 Å². The van der Waals surface area contributed by atoms with Gasteiger partial charge in [0.2, 0.25) is 10.0 Å². The summed E-state index contributed by atoms with van der Waals surface area (Å²) in [5.41, 5.74) is 0. The number of hydrogen-bond donors (Lipinski definition) is 1. The standard InChI is InChI=1S/C11H20N2O6S/c1-3-19-10(14)8-20(17,18)13-6-4-12(5-7-13)9(2)11(15)16/h9H,3-8H2,1-2H3,(H,15,16). The van der Waals surface area contributed by atoms with Crippen LogP contribution >= 0.6 is 0 Å². The average Bonchev–Trinajstić information content (AvgIpc) is 2.37. The Labute approximate surface area is 118 Å². The molecule has 1 rings (SSSR count). The highest BCUT2D eigenvalue weighted by Crippen LogP contribution is 2.11. The van der Waals surface area contributed by atoms with E-state index in [1.165, 1.54) is 4.31 Å². The lowest BCUT2D eigenvalue weighted by Crippen LogP contribution is -2.53. The van der Waals surface area contributed by atoms with Crippen molar-refractivity contribution in [3.8, 4) is 0 Å². The van der Waals surface area contributed by atoms with Gasteiger partial charge in [-0.2, -0.15) is 4.31 Å². The van der Waals surface area contributed by atoms with Crippen LogP contribution in [0.15, 0.2) is 0 Å². The molecule has 9 heteroatoms. The summed E-state index contributed by atoms with van der Waals surface area (Å²) >= 11 is 0. The van der Waals surface area contributed by atoms with Crippen LogP contribution in [0, 0.1) is 0 Å². The zero-order valence-corrected chi connectivity index (χ0v) is 12.4. The summed E-state index contributed by atoms with van der Waals surface area (Å²) in [6.45, 7) is 4.32. The first-order valence-corrected chi connectivity index (χ1v) is 7.99. The van der Waals surface area contributed by atoms with Crippen molar-refractivity contribution in [2.75, 3.05) is 38.5 Å². The molecule has 1 N–H and O–H groups in total. The fourth-order valence-corrected chi connectivity index (χ4v) is 3.25. The highest BCUT2D eigenvalue weighted by atomic mass is 32.2. The minimum Gasteiger partial charge on any atom is -0.480 e. The minimum absolute atomic E-state index is 0.137. The van der Waals surface area contributed by atoms with E-state index in [-0.39, 0.29) is 19.7 Å². The van der Waals surface area contributed by atoms with Gasteiger partial charge < -0.3 is 9.84 Å². The number of carbonyl (C=O) groups excluding carboxylic acids is 1. The number of esters is 1. The van der Waals surface area contributed by atoms with Gasteiger partial charge in [0.25, 0.3) is 0 Å². The van der Waals surface area contributed by atoms with E-state index < -0.39 is 33.8 Å². The molecule has 20 heavy (non-hydrogen) atoms. The molecule has 1 aliphatic heterocycles. The first-order valence-electron chi connectivity index (χ1n) is 6.38. The molecule has 1 fully saturated rings. The summed E-state index contributed by atoms with van der Waals surface area (Å²) in [5.74, 6) is -2.38. The number of rotatable bonds is 6. The second-order valence-corrected chi connectivity index (χ2v) is 6.48. The molecule has 0 amide bonds. The average molecular weight is 308 g/mol. The Bertz CT molecular complexity index is 456. The largest absolute Gasteiger partial charge is 0.480 e. The number of hydrogen-bond acceptors (Lipinski definition) is 6. The van der Waals surface area contributed by atoms with Gasteiger partial charge in [-0.15, -0.1) is 0 Å². The molecule has 0 aliphatic carbocycles.